The van der Waals surface area contributed by atoms with Crippen molar-refractivity contribution in [2.45, 2.75) is 64.1 Å². The Labute approximate surface area is 172 Å². The van der Waals surface area contributed by atoms with E-state index in [4.69, 9.17) is 9.47 Å². The number of hydrogen-bond donors (Lipinski definition) is 0. The monoisotopic (exact) mass is 395 g/mol. The van der Waals surface area contributed by atoms with E-state index in [-0.39, 0.29) is 29.9 Å². The lowest BCUT2D eigenvalue weighted by atomic mass is 9.83. The summed E-state index contributed by atoms with van der Waals surface area (Å²) in [5.41, 5.74) is 0.153. The van der Waals surface area contributed by atoms with Crippen LogP contribution in [0.25, 0.3) is 10.8 Å². The predicted molar refractivity (Wildman–Crippen MR) is 112 cm³/mol. The number of nitrogens with zero attached hydrogens (tertiary/aromatic N) is 1. The third-order valence-corrected chi connectivity index (χ3v) is 6.07. The molecular weight excluding hydrogens is 366 g/mol. The van der Waals surface area contributed by atoms with Crippen LogP contribution in [0.2, 0.25) is 0 Å². The summed E-state index contributed by atoms with van der Waals surface area (Å²) < 4.78 is 11.2. The number of carbonyl (C=O) groups is 2. The SMILES string of the molecule is COc1ccc2ccccc2c1C(=O)C1CC2CCC(C1)N2C(=O)OC(C)(C)C. The van der Waals surface area contributed by atoms with Crippen molar-refractivity contribution in [3.63, 3.8) is 0 Å². The van der Waals surface area contributed by atoms with Crippen LogP contribution in [0.4, 0.5) is 4.79 Å². The third-order valence-electron chi connectivity index (χ3n) is 6.07. The minimum atomic E-state index is -0.514. The van der Waals surface area contributed by atoms with Crippen molar-refractivity contribution < 1.29 is 19.1 Å². The number of amides is 1. The van der Waals surface area contributed by atoms with Crippen molar-refractivity contribution >= 4 is 22.6 Å². The molecule has 5 heteroatoms. The first-order chi connectivity index (χ1) is 13.8. The average Bonchev–Trinajstić information content (AvgIpc) is 2.95. The van der Waals surface area contributed by atoms with Gasteiger partial charge in [-0.2, -0.15) is 0 Å². The molecule has 2 aliphatic rings. The Balaban J connectivity index is 1.60. The van der Waals surface area contributed by atoms with Gasteiger partial charge in [0, 0.05) is 18.0 Å². The van der Waals surface area contributed by atoms with Crippen LogP contribution in [-0.2, 0) is 4.74 Å². The van der Waals surface area contributed by atoms with E-state index in [2.05, 4.69) is 0 Å². The van der Waals surface area contributed by atoms with E-state index in [1.165, 1.54) is 0 Å². The lowest BCUT2D eigenvalue weighted by Crippen LogP contribution is -2.49. The number of methoxy groups -OCH3 is 1. The molecule has 2 unspecified atom stereocenters. The lowest BCUT2D eigenvalue weighted by molar-refractivity contribution is 0.00253. The summed E-state index contributed by atoms with van der Waals surface area (Å²) in [6.07, 6.45) is 2.97. The Bertz CT molecular complexity index is 932. The van der Waals surface area contributed by atoms with Crippen molar-refractivity contribution in [2.75, 3.05) is 7.11 Å². The van der Waals surface area contributed by atoms with Crippen LogP contribution >= 0.6 is 0 Å². The summed E-state index contributed by atoms with van der Waals surface area (Å²) in [6.45, 7) is 5.65. The molecule has 0 spiro atoms. The Hall–Kier alpha value is -2.56. The van der Waals surface area contributed by atoms with E-state index in [1.807, 2.05) is 62.1 Å². The normalized spacial score (nSPS) is 23.9. The molecule has 0 N–H and O–H groups in total. The van der Waals surface area contributed by atoms with Crippen LogP contribution in [0, 0.1) is 5.92 Å². The van der Waals surface area contributed by atoms with Gasteiger partial charge in [0.2, 0.25) is 0 Å². The van der Waals surface area contributed by atoms with Crippen LogP contribution in [0.5, 0.6) is 5.75 Å². The standard InChI is InChI=1S/C24H29NO4/c1-24(2,3)29-23(27)25-17-10-11-18(25)14-16(13-17)22(26)21-19-8-6-5-7-15(19)9-12-20(21)28-4/h5-9,12,16-18H,10-11,13-14H2,1-4H3. The van der Waals surface area contributed by atoms with E-state index in [9.17, 15) is 9.59 Å². The van der Waals surface area contributed by atoms with Gasteiger partial charge in [0.05, 0.1) is 12.7 Å². The molecule has 0 aliphatic carbocycles. The van der Waals surface area contributed by atoms with Gasteiger partial charge < -0.3 is 14.4 Å². The summed E-state index contributed by atoms with van der Waals surface area (Å²) in [6, 6.07) is 11.9. The lowest BCUT2D eigenvalue weighted by Gasteiger charge is -2.39. The molecule has 5 nitrogen and oxygen atoms in total. The van der Waals surface area contributed by atoms with Gasteiger partial charge in [-0.25, -0.2) is 4.79 Å². The van der Waals surface area contributed by atoms with E-state index in [1.54, 1.807) is 7.11 Å². The number of Topliss-reactive ketones (excluding diaryl/α,β-unsaturated/α-hetero) is 1. The Morgan fingerprint density at radius 1 is 1.00 bits per heavy atom. The summed E-state index contributed by atoms with van der Waals surface area (Å²) >= 11 is 0. The summed E-state index contributed by atoms with van der Waals surface area (Å²) in [5.74, 6) is 0.640. The van der Waals surface area contributed by atoms with Gasteiger partial charge >= 0.3 is 6.09 Å². The Morgan fingerprint density at radius 3 is 2.28 bits per heavy atom. The molecule has 2 fully saturated rings. The molecule has 2 aliphatic heterocycles. The largest absolute Gasteiger partial charge is 0.496 e. The molecule has 0 saturated carbocycles. The highest BCUT2D eigenvalue weighted by Gasteiger charge is 2.47. The van der Waals surface area contributed by atoms with Gasteiger partial charge in [0.25, 0.3) is 0 Å². The minimum absolute atomic E-state index is 0.0681. The maximum Gasteiger partial charge on any atom is 0.410 e. The fraction of sp³-hybridized carbons (Fsp3) is 0.500. The Morgan fingerprint density at radius 2 is 1.66 bits per heavy atom. The number of fused-ring (bicyclic) bond motifs is 3. The fourth-order valence-corrected chi connectivity index (χ4v) is 4.88. The molecule has 2 aromatic carbocycles. The van der Waals surface area contributed by atoms with Gasteiger partial charge in [0.1, 0.15) is 11.4 Å². The first kappa shape index (κ1) is 19.7. The van der Waals surface area contributed by atoms with Crippen molar-refractivity contribution in [3.05, 3.63) is 42.0 Å². The fourth-order valence-electron chi connectivity index (χ4n) is 4.88. The van der Waals surface area contributed by atoms with Crippen LogP contribution in [-0.4, -0.2) is 41.6 Å². The van der Waals surface area contributed by atoms with Crippen molar-refractivity contribution in [2.24, 2.45) is 5.92 Å². The van der Waals surface area contributed by atoms with Gasteiger partial charge in [-0.05, 0) is 63.3 Å². The average molecular weight is 395 g/mol. The third kappa shape index (κ3) is 3.70. The zero-order chi connectivity index (χ0) is 20.8. The number of ketones is 1. The molecule has 154 valence electrons. The molecular formula is C24H29NO4. The zero-order valence-corrected chi connectivity index (χ0v) is 17.6. The maximum absolute atomic E-state index is 13.6. The second kappa shape index (κ2) is 7.36. The van der Waals surface area contributed by atoms with E-state index in [0.29, 0.717) is 24.2 Å². The number of hydrogen-bond acceptors (Lipinski definition) is 4. The first-order valence-electron chi connectivity index (χ1n) is 10.4. The highest BCUT2D eigenvalue weighted by molar-refractivity contribution is 6.11. The van der Waals surface area contributed by atoms with E-state index < -0.39 is 5.60 Å². The molecule has 29 heavy (non-hydrogen) atoms. The smallest absolute Gasteiger partial charge is 0.410 e. The maximum atomic E-state index is 13.6. The first-order valence-corrected chi connectivity index (χ1v) is 10.4. The number of benzene rings is 2. The molecule has 2 heterocycles. The topological polar surface area (TPSA) is 55.8 Å². The van der Waals surface area contributed by atoms with Crippen LogP contribution in [0.3, 0.4) is 0 Å². The molecule has 0 aromatic heterocycles. The minimum Gasteiger partial charge on any atom is -0.496 e. The zero-order valence-electron chi connectivity index (χ0n) is 17.6. The second-order valence-electron chi connectivity index (χ2n) is 9.17. The van der Waals surface area contributed by atoms with Crippen LogP contribution in [0.1, 0.15) is 56.8 Å². The molecule has 2 atom stereocenters. The number of carbonyl (C=O) groups excluding carboxylic acids is 2. The van der Waals surface area contributed by atoms with Crippen molar-refractivity contribution in [1.29, 1.82) is 0 Å². The summed E-state index contributed by atoms with van der Waals surface area (Å²) in [7, 11) is 1.61. The van der Waals surface area contributed by atoms with Gasteiger partial charge in [-0.3, -0.25) is 4.79 Å². The van der Waals surface area contributed by atoms with Crippen LogP contribution in [0.15, 0.2) is 36.4 Å². The highest BCUT2D eigenvalue weighted by Crippen LogP contribution is 2.42. The van der Waals surface area contributed by atoms with Crippen molar-refractivity contribution in [1.82, 2.24) is 4.90 Å². The van der Waals surface area contributed by atoms with Gasteiger partial charge in [0.15, 0.2) is 5.78 Å². The predicted octanol–water partition coefficient (Wildman–Crippen LogP) is 5.21. The second-order valence-corrected chi connectivity index (χ2v) is 9.17. The van der Waals surface area contributed by atoms with Crippen molar-refractivity contribution in [3.8, 4) is 5.75 Å². The molecule has 1 amide bonds. The molecule has 4 rings (SSSR count). The van der Waals surface area contributed by atoms with E-state index >= 15 is 0 Å². The Kier molecular flexibility index (Phi) is 5.01. The van der Waals surface area contributed by atoms with E-state index in [0.717, 1.165) is 23.6 Å². The number of rotatable bonds is 3. The van der Waals surface area contributed by atoms with Crippen LogP contribution < -0.4 is 4.74 Å². The number of ether oxygens (including phenoxy) is 2. The molecule has 2 aromatic rings. The molecule has 0 radical (unpaired) electrons. The summed E-state index contributed by atoms with van der Waals surface area (Å²) in [5, 5.41) is 1.96. The quantitative estimate of drug-likeness (QED) is 0.670. The number of piperidine rings is 1. The molecule has 2 saturated heterocycles. The van der Waals surface area contributed by atoms with Gasteiger partial charge in [-0.1, -0.05) is 30.3 Å². The summed E-state index contributed by atoms with van der Waals surface area (Å²) in [4.78, 5) is 28.2. The van der Waals surface area contributed by atoms with Gasteiger partial charge in [-0.15, -0.1) is 0 Å². The molecule has 2 bridgehead atoms. The highest BCUT2D eigenvalue weighted by atomic mass is 16.6.